The van der Waals surface area contributed by atoms with Crippen LogP contribution in [0.25, 0.3) is 0 Å². The molecular formula is C6H13NO5. The minimum atomic E-state index is -1.54. The van der Waals surface area contributed by atoms with Crippen LogP contribution in [0.4, 0.5) is 0 Å². The molecule has 0 saturated carbocycles. The smallest absolute Gasteiger partial charge is 0.150 e. The molecule has 6 N–H and O–H groups in total. The van der Waals surface area contributed by atoms with Crippen molar-refractivity contribution in [3.63, 3.8) is 0 Å². The van der Waals surface area contributed by atoms with E-state index < -0.39 is 31.0 Å². The Balaban J connectivity index is 4.07. The number of aliphatic hydroxyl groups excluding tert-OH is 4. The standard InChI is InChI=1S/C6H13NO5/c7-5(3(10)1-8)6(12)4(11)2-9/h1,3-6,9-12H,2,7H2/t3-,4-,5-,6+/m0/s1. The first-order valence-corrected chi connectivity index (χ1v) is 3.40. The normalized spacial score (nSPS) is 21.1. The van der Waals surface area contributed by atoms with E-state index in [9.17, 15) is 4.79 Å². The zero-order chi connectivity index (χ0) is 9.72. The molecule has 6 heteroatoms. The summed E-state index contributed by atoms with van der Waals surface area (Å²) in [5.74, 6) is 0. The number of carbonyl (C=O) groups excluding carboxylic acids is 1. The van der Waals surface area contributed by atoms with Gasteiger partial charge >= 0.3 is 0 Å². The number of nitrogens with two attached hydrogens (primary N) is 1. The first kappa shape index (κ1) is 11.5. The summed E-state index contributed by atoms with van der Waals surface area (Å²) in [7, 11) is 0. The molecule has 0 aliphatic heterocycles. The van der Waals surface area contributed by atoms with Crippen molar-refractivity contribution in [1.29, 1.82) is 0 Å². The van der Waals surface area contributed by atoms with Crippen LogP contribution in [0.15, 0.2) is 0 Å². The number of hydrogen-bond donors (Lipinski definition) is 5. The molecule has 0 unspecified atom stereocenters. The lowest BCUT2D eigenvalue weighted by molar-refractivity contribution is -0.119. The van der Waals surface area contributed by atoms with E-state index in [1.54, 1.807) is 0 Å². The molecule has 12 heavy (non-hydrogen) atoms. The van der Waals surface area contributed by atoms with Gasteiger partial charge in [0.05, 0.1) is 12.6 Å². The molecule has 0 aromatic rings. The van der Waals surface area contributed by atoms with Gasteiger partial charge in [-0.2, -0.15) is 0 Å². The van der Waals surface area contributed by atoms with Crippen molar-refractivity contribution in [2.75, 3.05) is 6.61 Å². The van der Waals surface area contributed by atoms with Gasteiger partial charge in [-0.1, -0.05) is 0 Å². The van der Waals surface area contributed by atoms with Crippen LogP contribution in [0, 0.1) is 0 Å². The topological polar surface area (TPSA) is 124 Å². The number of hydrogen-bond acceptors (Lipinski definition) is 6. The molecule has 0 amide bonds. The highest BCUT2D eigenvalue weighted by Gasteiger charge is 2.27. The van der Waals surface area contributed by atoms with Gasteiger partial charge in [0.1, 0.15) is 24.6 Å². The van der Waals surface area contributed by atoms with Crippen LogP contribution in [0.1, 0.15) is 0 Å². The van der Waals surface area contributed by atoms with Crippen molar-refractivity contribution in [3.05, 3.63) is 0 Å². The average Bonchev–Trinajstić information content (AvgIpc) is 2.12. The van der Waals surface area contributed by atoms with Gasteiger partial charge in [0, 0.05) is 0 Å². The molecule has 0 aromatic heterocycles. The maximum absolute atomic E-state index is 9.98. The Morgan fingerprint density at radius 2 is 1.83 bits per heavy atom. The lowest BCUT2D eigenvalue weighted by atomic mass is 10.0. The lowest BCUT2D eigenvalue weighted by Crippen LogP contribution is -2.51. The Morgan fingerprint density at radius 1 is 1.33 bits per heavy atom. The van der Waals surface area contributed by atoms with Gasteiger partial charge in [0.25, 0.3) is 0 Å². The molecule has 0 spiro atoms. The third kappa shape index (κ3) is 2.84. The zero-order valence-electron chi connectivity index (χ0n) is 6.37. The van der Waals surface area contributed by atoms with Crippen LogP contribution >= 0.6 is 0 Å². The number of rotatable bonds is 5. The van der Waals surface area contributed by atoms with E-state index in [4.69, 9.17) is 26.2 Å². The third-order valence-electron chi connectivity index (χ3n) is 1.51. The number of carbonyl (C=O) groups is 1. The van der Waals surface area contributed by atoms with Crippen molar-refractivity contribution in [3.8, 4) is 0 Å². The van der Waals surface area contributed by atoms with E-state index in [1.807, 2.05) is 0 Å². The molecule has 0 saturated heterocycles. The Kier molecular flexibility index (Phi) is 4.95. The van der Waals surface area contributed by atoms with Gasteiger partial charge in [0.15, 0.2) is 0 Å². The fourth-order valence-corrected chi connectivity index (χ4v) is 0.657. The molecule has 0 radical (unpaired) electrons. The maximum Gasteiger partial charge on any atom is 0.150 e. The fourth-order valence-electron chi connectivity index (χ4n) is 0.657. The maximum atomic E-state index is 9.98. The Labute approximate surface area is 69.2 Å². The largest absolute Gasteiger partial charge is 0.394 e. The van der Waals surface area contributed by atoms with Gasteiger partial charge in [0.2, 0.25) is 0 Å². The first-order chi connectivity index (χ1) is 5.54. The van der Waals surface area contributed by atoms with Crippen molar-refractivity contribution in [2.45, 2.75) is 24.4 Å². The molecule has 0 bridgehead atoms. The highest BCUT2D eigenvalue weighted by atomic mass is 16.4. The molecule has 72 valence electrons. The van der Waals surface area contributed by atoms with Crippen molar-refractivity contribution in [2.24, 2.45) is 5.73 Å². The highest BCUT2D eigenvalue weighted by molar-refractivity contribution is 5.57. The number of aldehydes is 1. The molecule has 0 aliphatic rings. The molecule has 0 aromatic carbocycles. The summed E-state index contributed by atoms with van der Waals surface area (Å²) in [5, 5.41) is 35.0. The van der Waals surface area contributed by atoms with Gasteiger partial charge in [-0.05, 0) is 0 Å². The summed E-state index contributed by atoms with van der Waals surface area (Å²) < 4.78 is 0. The van der Waals surface area contributed by atoms with Crippen molar-refractivity contribution in [1.82, 2.24) is 0 Å². The summed E-state index contributed by atoms with van der Waals surface area (Å²) in [5.41, 5.74) is 5.15. The molecule has 4 atom stereocenters. The summed E-state index contributed by atoms with van der Waals surface area (Å²) in [6.45, 7) is -0.680. The van der Waals surface area contributed by atoms with Gasteiger partial charge < -0.3 is 31.0 Å². The summed E-state index contributed by atoms with van der Waals surface area (Å²) in [6.07, 6.45) is -4.36. The summed E-state index contributed by atoms with van der Waals surface area (Å²) in [4.78, 5) is 9.98. The number of aliphatic hydroxyl groups is 4. The van der Waals surface area contributed by atoms with Crippen LogP contribution < -0.4 is 5.73 Å². The highest BCUT2D eigenvalue weighted by Crippen LogP contribution is 2.00. The Bertz CT molecular complexity index is 142. The first-order valence-electron chi connectivity index (χ1n) is 3.40. The average molecular weight is 179 g/mol. The van der Waals surface area contributed by atoms with E-state index in [1.165, 1.54) is 0 Å². The quantitative estimate of drug-likeness (QED) is 0.280. The fraction of sp³-hybridized carbons (Fsp3) is 0.833. The molecular weight excluding hydrogens is 166 g/mol. The summed E-state index contributed by atoms with van der Waals surface area (Å²) >= 11 is 0. The lowest BCUT2D eigenvalue weighted by Gasteiger charge is -2.23. The van der Waals surface area contributed by atoms with Gasteiger partial charge in [-0.15, -0.1) is 0 Å². The van der Waals surface area contributed by atoms with Crippen LogP contribution in [-0.4, -0.2) is 57.7 Å². The molecule has 6 nitrogen and oxygen atoms in total. The van der Waals surface area contributed by atoms with E-state index >= 15 is 0 Å². The van der Waals surface area contributed by atoms with E-state index in [0.29, 0.717) is 0 Å². The van der Waals surface area contributed by atoms with Crippen LogP contribution in [0.5, 0.6) is 0 Å². The summed E-state index contributed by atoms with van der Waals surface area (Å²) in [6, 6.07) is -1.29. The SMILES string of the molecule is N[C@H]([C@H](O)[C@@H](O)CO)[C@@H](O)C=O. The minimum absolute atomic E-state index is 0.151. The predicted molar refractivity (Wildman–Crippen MR) is 39.1 cm³/mol. The van der Waals surface area contributed by atoms with Crippen molar-refractivity contribution < 1.29 is 25.2 Å². The van der Waals surface area contributed by atoms with Crippen molar-refractivity contribution >= 4 is 6.29 Å². The second kappa shape index (κ2) is 5.18. The van der Waals surface area contributed by atoms with Gasteiger partial charge in [-0.3, -0.25) is 0 Å². The molecule has 0 rings (SSSR count). The zero-order valence-corrected chi connectivity index (χ0v) is 6.37. The third-order valence-corrected chi connectivity index (χ3v) is 1.51. The molecule has 0 heterocycles. The Hall–Kier alpha value is -0.530. The van der Waals surface area contributed by atoms with E-state index in [0.717, 1.165) is 0 Å². The Morgan fingerprint density at radius 3 is 2.17 bits per heavy atom. The van der Waals surface area contributed by atoms with E-state index in [2.05, 4.69) is 0 Å². The minimum Gasteiger partial charge on any atom is -0.394 e. The van der Waals surface area contributed by atoms with Crippen LogP contribution in [0.3, 0.4) is 0 Å². The second-order valence-corrected chi connectivity index (χ2v) is 2.44. The van der Waals surface area contributed by atoms with Crippen LogP contribution in [0.2, 0.25) is 0 Å². The van der Waals surface area contributed by atoms with Gasteiger partial charge in [-0.25, -0.2) is 0 Å². The predicted octanol–water partition coefficient (Wildman–Crippen LogP) is -3.41. The second-order valence-electron chi connectivity index (χ2n) is 2.44. The van der Waals surface area contributed by atoms with E-state index in [-0.39, 0.29) is 6.29 Å². The molecule has 0 fully saturated rings. The molecule has 0 aliphatic carbocycles. The van der Waals surface area contributed by atoms with Crippen LogP contribution in [-0.2, 0) is 4.79 Å². The monoisotopic (exact) mass is 179 g/mol.